The molecule has 0 aliphatic heterocycles. The number of rotatable bonds is 3. The van der Waals surface area contributed by atoms with Gasteiger partial charge in [-0.25, -0.2) is 18.7 Å². The van der Waals surface area contributed by atoms with Crippen LogP contribution in [-0.2, 0) is 11.2 Å². The van der Waals surface area contributed by atoms with Crippen molar-refractivity contribution in [2.24, 2.45) is 0 Å². The Morgan fingerprint density at radius 1 is 1.33 bits per heavy atom. The number of aromatic nitrogens is 2. The van der Waals surface area contributed by atoms with Crippen LogP contribution in [0.25, 0.3) is 11.3 Å². The lowest BCUT2D eigenvalue weighted by atomic mass is 10.0. The van der Waals surface area contributed by atoms with E-state index in [0.29, 0.717) is 0 Å². The van der Waals surface area contributed by atoms with E-state index in [1.54, 1.807) is 0 Å². The predicted octanol–water partition coefficient (Wildman–Crippen LogP) is 2.05. The van der Waals surface area contributed by atoms with E-state index in [2.05, 4.69) is 9.97 Å². The van der Waals surface area contributed by atoms with Crippen LogP contribution in [0.4, 0.5) is 8.78 Å². The van der Waals surface area contributed by atoms with Gasteiger partial charge in [0.2, 0.25) is 0 Å². The van der Waals surface area contributed by atoms with E-state index in [4.69, 9.17) is 5.11 Å². The van der Waals surface area contributed by atoms with Crippen molar-refractivity contribution in [3.63, 3.8) is 0 Å². The first-order valence-corrected chi connectivity index (χ1v) is 5.04. The Hall–Kier alpha value is -2.37. The van der Waals surface area contributed by atoms with Crippen molar-refractivity contribution in [2.45, 2.75) is 6.42 Å². The molecule has 0 saturated carbocycles. The number of aliphatic carboxylic acids is 1. The molecule has 0 aliphatic rings. The van der Waals surface area contributed by atoms with Crippen LogP contribution in [0.15, 0.2) is 30.7 Å². The molecule has 1 N–H and O–H groups in total. The second-order valence-electron chi connectivity index (χ2n) is 3.59. The van der Waals surface area contributed by atoms with Crippen molar-refractivity contribution < 1.29 is 18.7 Å². The molecule has 18 heavy (non-hydrogen) atoms. The average molecular weight is 250 g/mol. The fourth-order valence-electron chi connectivity index (χ4n) is 1.57. The number of benzene rings is 1. The van der Waals surface area contributed by atoms with Crippen LogP contribution >= 0.6 is 0 Å². The molecule has 0 radical (unpaired) electrons. The molecule has 1 aromatic heterocycles. The Morgan fingerprint density at radius 2 is 2.11 bits per heavy atom. The van der Waals surface area contributed by atoms with Gasteiger partial charge in [0, 0.05) is 23.4 Å². The quantitative estimate of drug-likeness (QED) is 0.905. The third kappa shape index (κ3) is 2.48. The van der Waals surface area contributed by atoms with Crippen molar-refractivity contribution in [2.75, 3.05) is 0 Å². The minimum Gasteiger partial charge on any atom is -0.481 e. The van der Waals surface area contributed by atoms with Crippen molar-refractivity contribution in [1.29, 1.82) is 0 Å². The molecule has 0 atom stereocenters. The normalized spacial score (nSPS) is 10.3. The molecule has 0 bridgehead atoms. The molecule has 0 aliphatic carbocycles. The maximum absolute atomic E-state index is 13.6. The first-order chi connectivity index (χ1) is 8.58. The van der Waals surface area contributed by atoms with E-state index < -0.39 is 17.6 Å². The summed E-state index contributed by atoms with van der Waals surface area (Å²) in [5.74, 6) is -2.57. The van der Waals surface area contributed by atoms with Crippen molar-refractivity contribution in [1.82, 2.24) is 9.97 Å². The Balaban J connectivity index is 2.53. The Bertz CT molecular complexity index is 602. The number of carboxylic acid groups (broad SMARTS) is 1. The van der Waals surface area contributed by atoms with Crippen molar-refractivity contribution in [3.8, 4) is 11.3 Å². The van der Waals surface area contributed by atoms with E-state index in [1.165, 1.54) is 18.6 Å². The number of hydrogen-bond donors (Lipinski definition) is 1. The second-order valence-corrected chi connectivity index (χ2v) is 3.59. The zero-order valence-electron chi connectivity index (χ0n) is 9.10. The first-order valence-electron chi connectivity index (χ1n) is 5.04. The molecule has 4 nitrogen and oxygen atoms in total. The van der Waals surface area contributed by atoms with Crippen molar-refractivity contribution in [3.05, 3.63) is 47.9 Å². The summed E-state index contributed by atoms with van der Waals surface area (Å²) in [6, 6.07) is 3.03. The van der Waals surface area contributed by atoms with E-state index in [0.717, 1.165) is 12.1 Å². The Morgan fingerprint density at radius 3 is 2.78 bits per heavy atom. The van der Waals surface area contributed by atoms with Gasteiger partial charge in [0.05, 0.1) is 12.1 Å². The number of nitrogens with zero attached hydrogens (tertiary/aromatic N) is 2. The summed E-state index contributed by atoms with van der Waals surface area (Å²) < 4.78 is 26.4. The van der Waals surface area contributed by atoms with Gasteiger partial charge >= 0.3 is 5.97 Å². The second kappa shape index (κ2) is 4.87. The largest absolute Gasteiger partial charge is 0.481 e. The highest BCUT2D eigenvalue weighted by atomic mass is 19.1. The van der Waals surface area contributed by atoms with E-state index in [-0.39, 0.29) is 23.2 Å². The highest BCUT2D eigenvalue weighted by Crippen LogP contribution is 2.24. The molecule has 0 amide bonds. The van der Waals surface area contributed by atoms with Gasteiger partial charge in [-0.1, -0.05) is 0 Å². The van der Waals surface area contributed by atoms with Gasteiger partial charge < -0.3 is 5.11 Å². The SMILES string of the molecule is O=C(O)Cc1cncnc1-c1ccc(F)cc1F. The van der Waals surface area contributed by atoms with Crippen LogP contribution in [0.2, 0.25) is 0 Å². The maximum Gasteiger partial charge on any atom is 0.307 e. The zero-order valence-corrected chi connectivity index (χ0v) is 9.10. The standard InChI is InChI=1S/C12H8F2N2O2/c13-8-1-2-9(10(14)4-8)12-7(3-11(17)18)5-15-6-16-12/h1-2,4-6H,3H2,(H,17,18). The molecular formula is C12H8F2N2O2. The molecule has 6 heteroatoms. The summed E-state index contributed by atoms with van der Waals surface area (Å²) in [4.78, 5) is 18.2. The van der Waals surface area contributed by atoms with Gasteiger partial charge in [-0.15, -0.1) is 0 Å². The molecule has 0 fully saturated rings. The maximum atomic E-state index is 13.6. The Labute approximate surface area is 101 Å². The lowest BCUT2D eigenvalue weighted by molar-refractivity contribution is -0.136. The molecule has 1 aromatic carbocycles. The molecule has 0 unspecified atom stereocenters. The summed E-state index contributed by atoms with van der Waals surface area (Å²) in [6.07, 6.45) is 2.16. The van der Waals surface area contributed by atoms with Crippen LogP contribution < -0.4 is 0 Å². The third-order valence-corrected chi connectivity index (χ3v) is 2.32. The lowest BCUT2D eigenvalue weighted by Crippen LogP contribution is -2.04. The van der Waals surface area contributed by atoms with Gasteiger partial charge in [0.25, 0.3) is 0 Å². The fourth-order valence-corrected chi connectivity index (χ4v) is 1.57. The smallest absolute Gasteiger partial charge is 0.307 e. The number of hydrogen-bond acceptors (Lipinski definition) is 3. The van der Waals surface area contributed by atoms with Crippen LogP contribution in [-0.4, -0.2) is 21.0 Å². The molecule has 2 rings (SSSR count). The number of carboxylic acids is 1. The highest BCUT2D eigenvalue weighted by molar-refractivity contribution is 5.74. The molecule has 92 valence electrons. The van der Waals surface area contributed by atoms with Gasteiger partial charge in [-0.05, 0) is 12.1 Å². The van der Waals surface area contributed by atoms with E-state index in [1.807, 2.05) is 0 Å². The first kappa shape index (κ1) is 12.1. The zero-order chi connectivity index (χ0) is 13.1. The van der Waals surface area contributed by atoms with E-state index in [9.17, 15) is 13.6 Å². The monoisotopic (exact) mass is 250 g/mol. The number of carbonyl (C=O) groups is 1. The molecule has 1 heterocycles. The lowest BCUT2D eigenvalue weighted by Gasteiger charge is -2.07. The van der Waals surface area contributed by atoms with Gasteiger partial charge in [0.1, 0.15) is 18.0 Å². The Kier molecular flexibility index (Phi) is 3.27. The fraction of sp³-hybridized carbons (Fsp3) is 0.0833. The van der Waals surface area contributed by atoms with Crippen molar-refractivity contribution >= 4 is 5.97 Å². The summed E-state index contributed by atoms with van der Waals surface area (Å²) in [5.41, 5.74) is 0.482. The van der Waals surface area contributed by atoms with Crippen LogP contribution in [0.1, 0.15) is 5.56 Å². The topological polar surface area (TPSA) is 63.1 Å². The summed E-state index contributed by atoms with van der Waals surface area (Å²) in [5, 5.41) is 8.74. The summed E-state index contributed by atoms with van der Waals surface area (Å²) in [7, 11) is 0. The average Bonchev–Trinajstić information content (AvgIpc) is 2.30. The van der Waals surface area contributed by atoms with Gasteiger partial charge in [0.15, 0.2) is 0 Å². The minimum absolute atomic E-state index is 0.0510. The molecule has 0 spiro atoms. The highest BCUT2D eigenvalue weighted by Gasteiger charge is 2.14. The number of halogens is 2. The molecular weight excluding hydrogens is 242 g/mol. The minimum atomic E-state index is -1.08. The van der Waals surface area contributed by atoms with Gasteiger partial charge in [-0.3, -0.25) is 4.79 Å². The van der Waals surface area contributed by atoms with E-state index >= 15 is 0 Å². The molecule has 2 aromatic rings. The summed E-state index contributed by atoms with van der Waals surface area (Å²) >= 11 is 0. The summed E-state index contributed by atoms with van der Waals surface area (Å²) in [6.45, 7) is 0. The third-order valence-electron chi connectivity index (χ3n) is 2.32. The van der Waals surface area contributed by atoms with Crippen LogP contribution in [0.3, 0.4) is 0 Å². The van der Waals surface area contributed by atoms with Gasteiger partial charge in [-0.2, -0.15) is 0 Å². The van der Waals surface area contributed by atoms with Crippen LogP contribution in [0.5, 0.6) is 0 Å². The molecule has 0 saturated heterocycles. The van der Waals surface area contributed by atoms with Crippen LogP contribution in [0, 0.1) is 11.6 Å². The predicted molar refractivity (Wildman–Crippen MR) is 58.7 cm³/mol.